The van der Waals surface area contributed by atoms with Gasteiger partial charge in [0.15, 0.2) is 0 Å². The van der Waals surface area contributed by atoms with Gasteiger partial charge in [-0.15, -0.1) is 11.6 Å². The lowest BCUT2D eigenvalue weighted by atomic mass is 10.4. The summed E-state index contributed by atoms with van der Waals surface area (Å²) in [7, 11) is 0. The fourth-order valence-corrected chi connectivity index (χ4v) is 0.982. The molecule has 0 saturated carbocycles. The molecule has 1 rings (SSSR count). The van der Waals surface area contributed by atoms with E-state index in [4.69, 9.17) is 11.6 Å². The molecule has 0 aromatic carbocycles. The van der Waals surface area contributed by atoms with Crippen LogP contribution in [0.25, 0.3) is 0 Å². The van der Waals surface area contributed by atoms with Crippen molar-refractivity contribution in [3.63, 3.8) is 0 Å². The molecular formula is C9H11ClN2. The summed E-state index contributed by atoms with van der Waals surface area (Å²) in [6, 6.07) is 0. The molecular weight excluding hydrogens is 172 g/mol. The Morgan fingerprint density at radius 3 is 3.17 bits per heavy atom. The molecule has 0 amide bonds. The van der Waals surface area contributed by atoms with Gasteiger partial charge in [-0.05, 0) is 6.42 Å². The predicted molar refractivity (Wildman–Crippen MR) is 50.1 cm³/mol. The van der Waals surface area contributed by atoms with Gasteiger partial charge in [0.1, 0.15) is 0 Å². The first-order valence-electron chi connectivity index (χ1n) is 3.94. The van der Waals surface area contributed by atoms with Crippen LogP contribution in [-0.2, 0) is 6.54 Å². The van der Waals surface area contributed by atoms with Gasteiger partial charge < -0.3 is 0 Å². The Kier molecular flexibility index (Phi) is 3.69. The molecule has 1 aromatic heterocycles. The lowest BCUT2D eigenvalue weighted by molar-refractivity contribution is 0.602. The molecule has 3 heteroatoms. The van der Waals surface area contributed by atoms with Crippen LogP contribution in [0.2, 0.25) is 0 Å². The highest BCUT2D eigenvalue weighted by Crippen LogP contribution is 1.96. The van der Waals surface area contributed by atoms with Crippen molar-refractivity contribution in [1.29, 1.82) is 0 Å². The molecule has 0 atom stereocenters. The Bertz CT molecular complexity index is 293. The number of alkyl halides is 1. The zero-order chi connectivity index (χ0) is 8.81. The molecule has 12 heavy (non-hydrogen) atoms. The highest BCUT2D eigenvalue weighted by atomic mass is 35.5. The van der Waals surface area contributed by atoms with Crippen molar-refractivity contribution in [3.8, 4) is 11.8 Å². The van der Waals surface area contributed by atoms with E-state index in [1.165, 1.54) is 0 Å². The fourth-order valence-electron chi connectivity index (χ4n) is 0.915. The van der Waals surface area contributed by atoms with E-state index in [9.17, 15) is 0 Å². The number of rotatable bonds is 2. The van der Waals surface area contributed by atoms with Crippen LogP contribution in [0.5, 0.6) is 0 Å². The molecule has 0 fully saturated rings. The molecule has 0 saturated heterocycles. The third-order valence-corrected chi connectivity index (χ3v) is 1.52. The molecule has 1 aromatic rings. The molecule has 1 heterocycles. The van der Waals surface area contributed by atoms with Gasteiger partial charge in [0, 0.05) is 12.7 Å². The Labute approximate surface area is 77.5 Å². The summed E-state index contributed by atoms with van der Waals surface area (Å²) < 4.78 is 1.89. The smallest absolute Gasteiger partial charge is 0.0839 e. The molecule has 0 radical (unpaired) electrons. The number of aromatic nitrogens is 2. The van der Waals surface area contributed by atoms with E-state index in [-0.39, 0.29) is 0 Å². The summed E-state index contributed by atoms with van der Waals surface area (Å²) >= 11 is 5.42. The Balaban J connectivity index is 2.64. The molecule has 64 valence electrons. The fraction of sp³-hybridized carbons (Fsp3) is 0.444. The largest absolute Gasteiger partial charge is 0.271 e. The van der Waals surface area contributed by atoms with Crippen molar-refractivity contribution in [2.24, 2.45) is 0 Å². The maximum Gasteiger partial charge on any atom is 0.0839 e. The Morgan fingerprint density at radius 1 is 1.67 bits per heavy atom. The van der Waals surface area contributed by atoms with Crippen molar-refractivity contribution in [3.05, 3.63) is 18.0 Å². The molecule has 0 aliphatic rings. The van der Waals surface area contributed by atoms with Gasteiger partial charge in [0.05, 0.1) is 17.6 Å². The quantitative estimate of drug-likeness (QED) is 0.505. The van der Waals surface area contributed by atoms with Gasteiger partial charge in [-0.2, -0.15) is 5.10 Å². The molecule has 0 aliphatic heterocycles. The molecule has 0 aliphatic carbocycles. The van der Waals surface area contributed by atoms with Gasteiger partial charge in [-0.3, -0.25) is 4.68 Å². The maximum atomic E-state index is 5.42. The number of halogens is 1. The summed E-state index contributed by atoms with van der Waals surface area (Å²) in [4.78, 5) is 0. The van der Waals surface area contributed by atoms with E-state index >= 15 is 0 Å². The zero-order valence-electron chi connectivity index (χ0n) is 7.05. The van der Waals surface area contributed by atoms with Crippen LogP contribution in [0, 0.1) is 11.8 Å². The SMILES string of the molecule is CCCn1cc(C#CCCl)cn1. The Morgan fingerprint density at radius 2 is 2.50 bits per heavy atom. The van der Waals surface area contributed by atoms with Crippen LogP contribution < -0.4 is 0 Å². The number of aryl methyl sites for hydroxylation is 1. The minimum atomic E-state index is 0.374. The summed E-state index contributed by atoms with van der Waals surface area (Å²) in [6.45, 7) is 3.06. The topological polar surface area (TPSA) is 17.8 Å². The summed E-state index contributed by atoms with van der Waals surface area (Å²) in [5.41, 5.74) is 0.934. The van der Waals surface area contributed by atoms with Crippen molar-refractivity contribution in [1.82, 2.24) is 9.78 Å². The first-order chi connectivity index (χ1) is 5.86. The second-order valence-corrected chi connectivity index (χ2v) is 2.69. The minimum absolute atomic E-state index is 0.374. The van der Waals surface area contributed by atoms with E-state index in [0.29, 0.717) is 5.88 Å². The predicted octanol–water partition coefficient (Wildman–Crippen LogP) is 1.88. The van der Waals surface area contributed by atoms with Crippen molar-refractivity contribution in [2.75, 3.05) is 5.88 Å². The van der Waals surface area contributed by atoms with E-state index in [1.807, 2.05) is 10.9 Å². The van der Waals surface area contributed by atoms with E-state index < -0.39 is 0 Å². The number of nitrogens with zero attached hydrogens (tertiary/aromatic N) is 2. The highest BCUT2D eigenvalue weighted by Gasteiger charge is 1.92. The molecule has 2 nitrogen and oxygen atoms in total. The highest BCUT2D eigenvalue weighted by molar-refractivity contribution is 6.19. The normalized spacial score (nSPS) is 9.17. The molecule has 0 N–H and O–H groups in total. The molecule has 0 bridgehead atoms. The van der Waals surface area contributed by atoms with Gasteiger partial charge in [0.25, 0.3) is 0 Å². The van der Waals surface area contributed by atoms with Gasteiger partial charge >= 0.3 is 0 Å². The first kappa shape index (κ1) is 9.15. The molecule has 0 unspecified atom stereocenters. The average molecular weight is 183 g/mol. The minimum Gasteiger partial charge on any atom is -0.271 e. The third-order valence-electron chi connectivity index (χ3n) is 1.39. The Hall–Kier alpha value is -0.940. The van der Waals surface area contributed by atoms with Crippen molar-refractivity contribution in [2.45, 2.75) is 19.9 Å². The van der Waals surface area contributed by atoms with Gasteiger partial charge in [-0.25, -0.2) is 0 Å². The lowest BCUT2D eigenvalue weighted by Gasteiger charge is -1.93. The van der Waals surface area contributed by atoms with Crippen molar-refractivity contribution < 1.29 is 0 Å². The maximum absolute atomic E-state index is 5.42. The van der Waals surface area contributed by atoms with E-state index in [2.05, 4.69) is 23.9 Å². The van der Waals surface area contributed by atoms with E-state index in [0.717, 1.165) is 18.5 Å². The van der Waals surface area contributed by atoms with Crippen LogP contribution in [-0.4, -0.2) is 15.7 Å². The summed E-state index contributed by atoms with van der Waals surface area (Å²) in [5, 5.41) is 4.13. The van der Waals surface area contributed by atoms with Crippen LogP contribution in [0.1, 0.15) is 18.9 Å². The number of hydrogen-bond acceptors (Lipinski definition) is 1. The third kappa shape index (κ3) is 2.60. The van der Waals surface area contributed by atoms with E-state index in [1.54, 1.807) is 6.20 Å². The summed E-state index contributed by atoms with van der Waals surface area (Å²) in [6.07, 6.45) is 4.78. The van der Waals surface area contributed by atoms with Crippen LogP contribution in [0.3, 0.4) is 0 Å². The standard InChI is InChI=1S/C9H11ClN2/c1-2-6-12-8-9(7-11-12)4-3-5-10/h7-8H,2,5-6H2,1H3. The van der Waals surface area contributed by atoms with Gasteiger partial charge in [0.2, 0.25) is 0 Å². The summed E-state index contributed by atoms with van der Waals surface area (Å²) in [5.74, 6) is 6.06. The second-order valence-electron chi connectivity index (χ2n) is 2.43. The zero-order valence-corrected chi connectivity index (χ0v) is 7.80. The average Bonchev–Trinajstić information content (AvgIpc) is 2.50. The van der Waals surface area contributed by atoms with Crippen molar-refractivity contribution >= 4 is 11.6 Å². The first-order valence-corrected chi connectivity index (χ1v) is 4.47. The number of hydrogen-bond donors (Lipinski definition) is 0. The lowest BCUT2D eigenvalue weighted by Crippen LogP contribution is -1.95. The second kappa shape index (κ2) is 4.84. The monoisotopic (exact) mass is 182 g/mol. The van der Waals surface area contributed by atoms with Crippen LogP contribution in [0.15, 0.2) is 12.4 Å². The van der Waals surface area contributed by atoms with Crippen LogP contribution >= 0.6 is 11.6 Å². The molecule has 0 spiro atoms. The van der Waals surface area contributed by atoms with Crippen LogP contribution in [0.4, 0.5) is 0 Å². The van der Waals surface area contributed by atoms with Gasteiger partial charge in [-0.1, -0.05) is 18.8 Å².